The molecule has 5 heteroatoms. The van der Waals surface area contributed by atoms with Crippen LogP contribution in [0, 0.1) is 0 Å². The van der Waals surface area contributed by atoms with Gasteiger partial charge in [-0.3, -0.25) is 0 Å². The normalized spacial score (nSPS) is 22.6. The summed E-state index contributed by atoms with van der Waals surface area (Å²) in [5.41, 5.74) is 0. The summed E-state index contributed by atoms with van der Waals surface area (Å²) in [5.74, 6) is 0.466. The largest absolute Gasteiger partial charge is 0.381 e. The lowest BCUT2D eigenvalue weighted by molar-refractivity contribution is 0.0802. The van der Waals surface area contributed by atoms with Crippen molar-refractivity contribution in [3.63, 3.8) is 0 Å². The molecule has 96 valence electrons. The highest BCUT2D eigenvalue weighted by atomic mass is 32.1. The number of nitrogens with zero attached hydrogens (tertiary/aromatic N) is 2. The molecule has 2 unspecified atom stereocenters. The first-order chi connectivity index (χ1) is 8.31. The van der Waals surface area contributed by atoms with E-state index >= 15 is 0 Å². The summed E-state index contributed by atoms with van der Waals surface area (Å²) < 4.78 is 5.49. The molecule has 0 aliphatic carbocycles. The number of nitrogens with one attached hydrogen (secondary N) is 1. The quantitative estimate of drug-likeness (QED) is 0.878. The summed E-state index contributed by atoms with van der Waals surface area (Å²) in [5, 5.41) is 14.3. The van der Waals surface area contributed by atoms with Crippen LogP contribution in [0.1, 0.15) is 55.1 Å². The minimum Gasteiger partial charge on any atom is -0.381 e. The Morgan fingerprint density at radius 1 is 1.53 bits per heavy atom. The van der Waals surface area contributed by atoms with Crippen molar-refractivity contribution in [3.05, 3.63) is 10.0 Å². The highest BCUT2D eigenvalue weighted by Gasteiger charge is 2.21. The fourth-order valence-corrected chi connectivity index (χ4v) is 2.96. The van der Waals surface area contributed by atoms with Gasteiger partial charge in [0.2, 0.25) is 0 Å². The molecule has 2 heterocycles. The Morgan fingerprint density at radius 3 is 3.12 bits per heavy atom. The van der Waals surface area contributed by atoms with Gasteiger partial charge in [0.15, 0.2) is 0 Å². The molecule has 0 amide bonds. The number of rotatable bonds is 5. The fourth-order valence-electron chi connectivity index (χ4n) is 1.97. The van der Waals surface area contributed by atoms with Crippen LogP contribution in [0.2, 0.25) is 0 Å². The van der Waals surface area contributed by atoms with E-state index in [4.69, 9.17) is 4.74 Å². The summed E-state index contributed by atoms with van der Waals surface area (Å²) in [4.78, 5) is 0. The van der Waals surface area contributed by atoms with Crippen molar-refractivity contribution >= 4 is 11.3 Å². The maximum absolute atomic E-state index is 5.49. The molecule has 1 aromatic rings. The highest BCUT2D eigenvalue weighted by molar-refractivity contribution is 7.11. The van der Waals surface area contributed by atoms with Crippen LogP contribution < -0.4 is 5.32 Å². The topological polar surface area (TPSA) is 47.0 Å². The summed E-state index contributed by atoms with van der Waals surface area (Å²) >= 11 is 1.73. The molecular weight excluding hydrogens is 234 g/mol. The average molecular weight is 255 g/mol. The van der Waals surface area contributed by atoms with Gasteiger partial charge in [-0.1, -0.05) is 18.3 Å². The van der Waals surface area contributed by atoms with Crippen LogP contribution in [-0.2, 0) is 4.74 Å². The molecule has 0 saturated carbocycles. The molecule has 4 nitrogen and oxygen atoms in total. The van der Waals surface area contributed by atoms with E-state index in [1.165, 1.54) is 6.42 Å². The van der Waals surface area contributed by atoms with Gasteiger partial charge in [0.1, 0.15) is 10.0 Å². The zero-order valence-electron chi connectivity index (χ0n) is 10.6. The van der Waals surface area contributed by atoms with E-state index in [0.29, 0.717) is 12.0 Å². The van der Waals surface area contributed by atoms with E-state index in [0.717, 1.165) is 42.6 Å². The molecule has 0 bridgehead atoms. The van der Waals surface area contributed by atoms with Crippen LogP contribution in [0.25, 0.3) is 0 Å². The molecule has 2 rings (SSSR count). The van der Waals surface area contributed by atoms with Gasteiger partial charge in [-0.05, 0) is 32.7 Å². The minimum absolute atomic E-state index is 0.311. The summed E-state index contributed by atoms with van der Waals surface area (Å²) in [6.45, 7) is 7.06. The third-order valence-electron chi connectivity index (χ3n) is 3.04. The molecule has 0 radical (unpaired) electrons. The molecule has 17 heavy (non-hydrogen) atoms. The molecule has 1 aromatic heterocycles. The van der Waals surface area contributed by atoms with Crippen LogP contribution in [0.3, 0.4) is 0 Å². The van der Waals surface area contributed by atoms with E-state index in [1.807, 2.05) is 0 Å². The van der Waals surface area contributed by atoms with Crippen molar-refractivity contribution in [2.24, 2.45) is 0 Å². The Kier molecular flexibility index (Phi) is 4.88. The second-order valence-corrected chi connectivity index (χ2v) is 5.61. The third kappa shape index (κ3) is 3.47. The Morgan fingerprint density at radius 2 is 2.41 bits per heavy atom. The smallest absolute Gasteiger partial charge is 0.134 e. The van der Waals surface area contributed by atoms with Crippen molar-refractivity contribution in [2.45, 2.75) is 45.1 Å². The van der Waals surface area contributed by atoms with Crippen LogP contribution >= 0.6 is 11.3 Å². The van der Waals surface area contributed by atoms with E-state index in [9.17, 15) is 0 Å². The maximum Gasteiger partial charge on any atom is 0.134 e. The molecule has 1 saturated heterocycles. The van der Waals surface area contributed by atoms with Gasteiger partial charge in [-0.25, -0.2) is 0 Å². The number of hydrogen-bond acceptors (Lipinski definition) is 5. The molecular formula is C12H21N3OS. The number of aromatic nitrogens is 2. The Balaban J connectivity index is 1.94. The lowest BCUT2D eigenvalue weighted by Gasteiger charge is -2.19. The van der Waals surface area contributed by atoms with Crippen LogP contribution in [0.15, 0.2) is 0 Å². The van der Waals surface area contributed by atoms with E-state index in [1.54, 1.807) is 11.3 Å². The van der Waals surface area contributed by atoms with Gasteiger partial charge < -0.3 is 10.1 Å². The lowest BCUT2D eigenvalue weighted by Crippen LogP contribution is -2.19. The van der Waals surface area contributed by atoms with Gasteiger partial charge in [0.25, 0.3) is 0 Å². The van der Waals surface area contributed by atoms with Crippen LogP contribution in [0.5, 0.6) is 0 Å². The standard InChI is InChI=1S/C12H21N3OS/c1-3-6-13-9(2)11-14-15-12(17-11)10-5-4-7-16-8-10/h9-10,13H,3-8H2,1-2H3. The van der Waals surface area contributed by atoms with Crippen LogP contribution in [-0.4, -0.2) is 30.0 Å². The van der Waals surface area contributed by atoms with Crippen molar-refractivity contribution in [1.29, 1.82) is 0 Å². The predicted molar refractivity (Wildman–Crippen MR) is 69.4 cm³/mol. The first-order valence-corrected chi connectivity index (χ1v) is 7.27. The van der Waals surface area contributed by atoms with Crippen molar-refractivity contribution < 1.29 is 4.74 Å². The molecule has 0 aromatic carbocycles. The van der Waals surface area contributed by atoms with Gasteiger partial charge in [-0.15, -0.1) is 10.2 Å². The van der Waals surface area contributed by atoms with Gasteiger partial charge in [0, 0.05) is 12.5 Å². The predicted octanol–water partition coefficient (Wildman–Crippen LogP) is 2.49. The molecule has 1 aliphatic heterocycles. The summed E-state index contributed by atoms with van der Waals surface area (Å²) in [6.07, 6.45) is 3.47. The lowest BCUT2D eigenvalue weighted by atomic mass is 10.0. The van der Waals surface area contributed by atoms with Crippen molar-refractivity contribution in [1.82, 2.24) is 15.5 Å². The first-order valence-electron chi connectivity index (χ1n) is 6.45. The summed E-state index contributed by atoms with van der Waals surface area (Å²) in [7, 11) is 0. The van der Waals surface area contributed by atoms with E-state index in [-0.39, 0.29) is 0 Å². The SMILES string of the molecule is CCCNC(C)c1nnc(C2CCCOC2)s1. The monoisotopic (exact) mass is 255 g/mol. The van der Waals surface area contributed by atoms with Crippen molar-refractivity contribution in [3.8, 4) is 0 Å². The molecule has 1 aliphatic rings. The minimum atomic E-state index is 0.311. The Hall–Kier alpha value is -0.520. The molecule has 2 atom stereocenters. The van der Waals surface area contributed by atoms with Gasteiger partial charge in [-0.2, -0.15) is 0 Å². The zero-order chi connectivity index (χ0) is 12.1. The molecule has 1 N–H and O–H groups in total. The van der Waals surface area contributed by atoms with E-state index < -0.39 is 0 Å². The Labute approximate surface area is 107 Å². The number of ether oxygens (including phenoxy) is 1. The second-order valence-electron chi connectivity index (χ2n) is 4.57. The van der Waals surface area contributed by atoms with E-state index in [2.05, 4.69) is 29.4 Å². The summed E-state index contributed by atoms with van der Waals surface area (Å²) in [6, 6.07) is 0.311. The molecule has 1 fully saturated rings. The van der Waals surface area contributed by atoms with Gasteiger partial charge in [0.05, 0.1) is 12.6 Å². The Bertz CT molecular complexity index is 336. The fraction of sp³-hybridized carbons (Fsp3) is 0.833. The average Bonchev–Trinajstić information content (AvgIpc) is 2.86. The second kappa shape index (κ2) is 6.42. The third-order valence-corrected chi connectivity index (χ3v) is 4.31. The highest BCUT2D eigenvalue weighted by Crippen LogP contribution is 2.29. The zero-order valence-corrected chi connectivity index (χ0v) is 11.4. The van der Waals surface area contributed by atoms with Gasteiger partial charge >= 0.3 is 0 Å². The van der Waals surface area contributed by atoms with Crippen LogP contribution in [0.4, 0.5) is 0 Å². The van der Waals surface area contributed by atoms with Crippen molar-refractivity contribution in [2.75, 3.05) is 19.8 Å². The maximum atomic E-state index is 5.49. The molecule has 0 spiro atoms. The number of hydrogen-bond donors (Lipinski definition) is 1. The first kappa shape index (κ1) is 12.9.